The first-order valence-electron chi connectivity index (χ1n) is 12.5. The summed E-state index contributed by atoms with van der Waals surface area (Å²) < 4.78 is 72.7. The standard InChI is InChI=1S/C29H26ClF5N2O3/c1-4-18-15-36(27(38)21-9-8-17(14-22(21)30)29(33,34)35)12-13-37(18)24-11-10-19(16(2)25(24)28(39)40-3)20-6-5-7-23(31)26(20)32/h5-11,14,18H,4,12-13,15H2,1-3H3/t18-/m1/s1. The van der Waals surface area contributed by atoms with Crippen LogP contribution in [0.25, 0.3) is 11.1 Å². The molecule has 4 rings (SSSR count). The molecule has 0 radical (unpaired) electrons. The Bertz CT molecular complexity index is 1460. The van der Waals surface area contributed by atoms with Crippen LogP contribution < -0.4 is 4.90 Å². The monoisotopic (exact) mass is 580 g/mol. The van der Waals surface area contributed by atoms with E-state index in [1.54, 1.807) is 19.1 Å². The van der Waals surface area contributed by atoms with Crippen molar-refractivity contribution in [2.24, 2.45) is 0 Å². The van der Waals surface area contributed by atoms with Crippen LogP contribution in [0, 0.1) is 18.6 Å². The van der Waals surface area contributed by atoms with Crippen molar-refractivity contribution in [3.05, 3.63) is 87.4 Å². The van der Waals surface area contributed by atoms with Crippen molar-refractivity contribution in [3.63, 3.8) is 0 Å². The number of alkyl halides is 3. The van der Waals surface area contributed by atoms with Gasteiger partial charge in [0.2, 0.25) is 0 Å². The highest BCUT2D eigenvalue weighted by atomic mass is 35.5. The number of rotatable bonds is 5. The minimum absolute atomic E-state index is 0.00470. The highest BCUT2D eigenvalue weighted by Gasteiger charge is 2.35. The average Bonchev–Trinajstić information content (AvgIpc) is 2.93. The normalized spacial score (nSPS) is 15.8. The van der Waals surface area contributed by atoms with Gasteiger partial charge in [0.05, 0.1) is 34.5 Å². The molecule has 3 aromatic rings. The van der Waals surface area contributed by atoms with E-state index >= 15 is 0 Å². The third-order valence-electron chi connectivity index (χ3n) is 7.15. The number of nitrogens with zero attached hydrogens (tertiary/aromatic N) is 2. The number of benzene rings is 3. The number of hydrogen-bond acceptors (Lipinski definition) is 4. The number of piperazine rings is 1. The lowest BCUT2D eigenvalue weighted by Gasteiger charge is -2.43. The molecule has 0 unspecified atom stereocenters. The van der Waals surface area contributed by atoms with E-state index in [9.17, 15) is 31.5 Å². The second-order valence-corrected chi connectivity index (χ2v) is 9.83. The van der Waals surface area contributed by atoms with E-state index in [1.807, 2.05) is 11.8 Å². The van der Waals surface area contributed by atoms with Crippen molar-refractivity contribution in [3.8, 4) is 11.1 Å². The maximum Gasteiger partial charge on any atom is 0.416 e. The molecule has 40 heavy (non-hydrogen) atoms. The third-order valence-corrected chi connectivity index (χ3v) is 7.46. The molecule has 1 heterocycles. The van der Waals surface area contributed by atoms with Crippen molar-refractivity contribution in [1.29, 1.82) is 0 Å². The lowest BCUT2D eigenvalue weighted by molar-refractivity contribution is -0.137. The SMILES string of the molecule is CC[C@@H]1CN(C(=O)c2ccc(C(F)(F)F)cc2Cl)CCN1c1ccc(-c2cccc(F)c2F)c(C)c1C(=O)OC. The molecule has 1 aliphatic rings. The Hall–Kier alpha value is -3.66. The molecule has 1 aliphatic heterocycles. The van der Waals surface area contributed by atoms with Crippen LogP contribution in [0.2, 0.25) is 5.02 Å². The summed E-state index contributed by atoms with van der Waals surface area (Å²) in [5, 5.41) is -0.293. The molecule has 0 bridgehead atoms. The summed E-state index contributed by atoms with van der Waals surface area (Å²) in [6, 6.07) is 9.42. The fraction of sp³-hybridized carbons (Fsp3) is 0.310. The number of halogens is 6. The number of anilines is 1. The predicted molar refractivity (Wildman–Crippen MR) is 142 cm³/mol. The van der Waals surface area contributed by atoms with Crippen LogP contribution in [-0.4, -0.2) is 49.6 Å². The van der Waals surface area contributed by atoms with E-state index in [0.717, 1.165) is 24.3 Å². The van der Waals surface area contributed by atoms with Crippen LogP contribution >= 0.6 is 11.6 Å². The number of hydrogen-bond donors (Lipinski definition) is 0. The van der Waals surface area contributed by atoms with Gasteiger partial charge in [-0.3, -0.25) is 4.79 Å². The van der Waals surface area contributed by atoms with Gasteiger partial charge >= 0.3 is 12.1 Å². The van der Waals surface area contributed by atoms with Crippen LogP contribution in [0.5, 0.6) is 0 Å². The first-order valence-corrected chi connectivity index (χ1v) is 12.9. The highest BCUT2D eigenvalue weighted by Crippen LogP contribution is 2.37. The van der Waals surface area contributed by atoms with E-state index in [0.29, 0.717) is 29.8 Å². The summed E-state index contributed by atoms with van der Waals surface area (Å²) in [7, 11) is 1.22. The van der Waals surface area contributed by atoms with Gasteiger partial charge in [-0.05, 0) is 54.8 Å². The topological polar surface area (TPSA) is 49.9 Å². The largest absolute Gasteiger partial charge is 0.465 e. The van der Waals surface area contributed by atoms with Gasteiger partial charge in [-0.25, -0.2) is 13.6 Å². The third kappa shape index (κ3) is 5.50. The molecule has 0 aliphatic carbocycles. The summed E-state index contributed by atoms with van der Waals surface area (Å²) in [5.41, 5.74) is 0.455. The Labute approximate surface area is 233 Å². The second-order valence-electron chi connectivity index (χ2n) is 9.42. The number of methoxy groups -OCH3 is 1. The van der Waals surface area contributed by atoms with Gasteiger partial charge in [0, 0.05) is 31.2 Å². The summed E-state index contributed by atoms with van der Waals surface area (Å²) in [5.74, 6) is -3.20. The minimum atomic E-state index is -4.59. The predicted octanol–water partition coefficient (Wildman–Crippen LogP) is 7.14. The molecule has 212 valence electrons. The average molecular weight is 581 g/mol. The highest BCUT2D eigenvalue weighted by molar-refractivity contribution is 6.33. The van der Waals surface area contributed by atoms with Crippen LogP contribution in [0.1, 0.15) is 45.2 Å². The van der Waals surface area contributed by atoms with Crippen molar-refractivity contribution in [2.45, 2.75) is 32.5 Å². The second kappa shape index (κ2) is 11.4. The zero-order valence-corrected chi connectivity index (χ0v) is 22.7. The lowest BCUT2D eigenvalue weighted by Crippen LogP contribution is -2.55. The summed E-state index contributed by atoms with van der Waals surface area (Å²) in [6.45, 7) is 4.24. The maximum atomic E-state index is 14.6. The number of amides is 1. The molecule has 1 amide bonds. The molecular weight excluding hydrogens is 555 g/mol. The van der Waals surface area contributed by atoms with Crippen LogP contribution in [0.4, 0.5) is 27.6 Å². The smallest absolute Gasteiger partial charge is 0.416 e. The first kappa shape index (κ1) is 29.3. The van der Waals surface area contributed by atoms with Gasteiger partial charge in [0.1, 0.15) is 0 Å². The van der Waals surface area contributed by atoms with E-state index < -0.39 is 35.3 Å². The molecule has 0 N–H and O–H groups in total. The van der Waals surface area contributed by atoms with E-state index in [4.69, 9.17) is 16.3 Å². The van der Waals surface area contributed by atoms with Gasteiger partial charge in [0.15, 0.2) is 11.6 Å². The Morgan fingerprint density at radius 1 is 1.05 bits per heavy atom. The van der Waals surface area contributed by atoms with Crippen LogP contribution in [-0.2, 0) is 10.9 Å². The number of esters is 1. The van der Waals surface area contributed by atoms with Crippen LogP contribution in [0.3, 0.4) is 0 Å². The molecule has 0 spiro atoms. The Balaban J connectivity index is 1.66. The number of carbonyl (C=O) groups is 2. The summed E-state index contributed by atoms with van der Waals surface area (Å²) in [6.07, 6.45) is -4.03. The fourth-order valence-corrected chi connectivity index (χ4v) is 5.30. The fourth-order valence-electron chi connectivity index (χ4n) is 5.04. The zero-order valence-electron chi connectivity index (χ0n) is 21.9. The molecule has 1 fully saturated rings. The lowest BCUT2D eigenvalue weighted by atomic mass is 9.93. The number of carbonyl (C=O) groups excluding carboxylic acids is 2. The van der Waals surface area contributed by atoms with Gasteiger partial charge in [-0.1, -0.05) is 36.7 Å². The van der Waals surface area contributed by atoms with E-state index in [2.05, 4.69) is 0 Å². The van der Waals surface area contributed by atoms with Crippen molar-refractivity contribution < 1.29 is 36.3 Å². The summed E-state index contributed by atoms with van der Waals surface area (Å²) in [4.78, 5) is 29.6. The minimum Gasteiger partial charge on any atom is -0.465 e. The van der Waals surface area contributed by atoms with Crippen molar-refractivity contribution in [2.75, 3.05) is 31.6 Å². The van der Waals surface area contributed by atoms with Crippen molar-refractivity contribution >= 4 is 29.2 Å². The number of ether oxygens (including phenoxy) is 1. The first-order chi connectivity index (χ1) is 18.9. The van der Waals surface area contributed by atoms with E-state index in [-0.39, 0.29) is 40.8 Å². The summed E-state index contributed by atoms with van der Waals surface area (Å²) >= 11 is 6.06. The zero-order chi connectivity index (χ0) is 29.4. The Kier molecular flexibility index (Phi) is 8.39. The molecule has 3 aromatic carbocycles. The van der Waals surface area contributed by atoms with E-state index in [1.165, 1.54) is 24.1 Å². The molecular formula is C29H26ClF5N2O3. The molecule has 1 saturated heterocycles. The maximum absolute atomic E-state index is 14.6. The molecule has 0 aromatic heterocycles. The molecule has 11 heteroatoms. The molecule has 5 nitrogen and oxygen atoms in total. The molecule has 0 saturated carbocycles. The van der Waals surface area contributed by atoms with Gasteiger partial charge < -0.3 is 14.5 Å². The van der Waals surface area contributed by atoms with Gasteiger partial charge in [-0.2, -0.15) is 13.2 Å². The van der Waals surface area contributed by atoms with Crippen molar-refractivity contribution in [1.82, 2.24) is 4.90 Å². The quantitative estimate of drug-likeness (QED) is 0.238. The van der Waals surface area contributed by atoms with Gasteiger partial charge in [0.25, 0.3) is 5.91 Å². The van der Waals surface area contributed by atoms with Crippen LogP contribution in [0.15, 0.2) is 48.5 Å². The Morgan fingerprint density at radius 2 is 1.77 bits per heavy atom. The molecule has 1 atom stereocenters. The van der Waals surface area contributed by atoms with Gasteiger partial charge in [-0.15, -0.1) is 0 Å². The Morgan fingerprint density at radius 3 is 2.40 bits per heavy atom.